The van der Waals surface area contributed by atoms with Crippen molar-refractivity contribution < 1.29 is 36.3 Å². The van der Waals surface area contributed by atoms with E-state index in [0.29, 0.717) is 11.1 Å². The first-order valence-corrected chi connectivity index (χ1v) is 11.2. The van der Waals surface area contributed by atoms with Crippen LogP contribution in [0.4, 0.5) is 0 Å². The lowest BCUT2D eigenvalue weighted by atomic mass is 9.87. The third kappa shape index (κ3) is 8.54. The zero-order valence-corrected chi connectivity index (χ0v) is 18.2. The van der Waals surface area contributed by atoms with Gasteiger partial charge in [-0.3, -0.25) is 18.4 Å². The maximum atomic E-state index is 13.6. The molecule has 1 unspecified atom stereocenters. The predicted octanol–water partition coefficient (Wildman–Crippen LogP) is 3.96. The Labute approximate surface area is 197 Å². The largest absolute Gasteiger partial charge is 0.475 e. The van der Waals surface area contributed by atoms with Gasteiger partial charge in [0.2, 0.25) is 5.91 Å². The summed E-state index contributed by atoms with van der Waals surface area (Å²) in [7, 11) is -4.67. The summed E-state index contributed by atoms with van der Waals surface area (Å²) >= 11 is 0. The lowest BCUT2D eigenvalue weighted by molar-refractivity contribution is -0.137. The molecule has 0 saturated carbocycles. The van der Waals surface area contributed by atoms with E-state index < -0.39 is 45.6 Å². The third-order valence-corrected chi connectivity index (χ3v) is 5.50. The van der Waals surface area contributed by atoms with E-state index >= 15 is 0 Å². The van der Waals surface area contributed by atoms with Crippen LogP contribution in [0.15, 0.2) is 60.7 Å². The highest BCUT2D eigenvalue weighted by molar-refractivity contribution is 7.48. The maximum Gasteiger partial charge on any atom is 0.475 e. The van der Waals surface area contributed by atoms with Crippen molar-refractivity contribution >= 4 is 13.7 Å². The molecule has 1 atom stereocenters. The molecule has 1 amide bonds. The number of amides is 1. The summed E-state index contributed by atoms with van der Waals surface area (Å²) in [6.45, 7) is -9.27. The van der Waals surface area contributed by atoms with E-state index in [2.05, 4.69) is 5.32 Å². The second-order valence-electron chi connectivity index (χ2n) is 6.81. The van der Waals surface area contributed by atoms with Gasteiger partial charge in [-0.25, -0.2) is 4.57 Å². The molecule has 9 heteroatoms. The third-order valence-electron chi connectivity index (χ3n) is 4.17. The number of nitrogens with zero attached hydrogens (tertiary/aromatic N) is 1. The fourth-order valence-electron chi connectivity index (χ4n) is 2.39. The molecular formula is C23H29N2O6P. The molecule has 0 aromatic heterocycles. The van der Waals surface area contributed by atoms with Gasteiger partial charge in [-0.1, -0.05) is 74.4 Å². The van der Waals surface area contributed by atoms with Gasteiger partial charge in [0.05, 0.1) is 32.3 Å². The van der Waals surface area contributed by atoms with Gasteiger partial charge in [-0.2, -0.15) is 5.26 Å². The average Bonchev–Trinajstić information content (AvgIpc) is 2.86. The predicted molar refractivity (Wildman–Crippen MR) is 119 cm³/mol. The average molecular weight is 467 g/mol. The molecule has 0 radical (unpaired) electrons. The van der Waals surface area contributed by atoms with Gasteiger partial charge in [0.1, 0.15) is 6.10 Å². The van der Waals surface area contributed by atoms with E-state index in [-0.39, 0.29) is 26.2 Å². The Balaban J connectivity index is 2.39. The standard InChI is InChI=1S/C23H29N2O6P/c1-23(2,21(26)22(27)25-15-9-14-24)18-31-32(28,29-16-19-10-5-3-6-11-19)30-17-20-12-7-4-8-13-20/h3-8,10-13,21,26H,9,15-18H2,1-2H3,(H,25,27)/i1D3,2D3. The number of nitrogens with one attached hydrogen (secondary N) is 1. The van der Waals surface area contributed by atoms with Gasteiger partial charge in [0.25, 0.3) is 0 Å². The summed E-state index contributed by atoms with van der Waals surface area (Å²) < 4.78 is 77.3. The zero-order valence-electron chi connectivity index (χ0n) is 23.3. The number of aliphatic hydroxyl groups is 1. The van der Waals surface area contributed by atoms with E-state index in [4.69, 9.17) is 27.1 Å². The van der Waals surface area contributed by atoms with Gasteiger partial charge in [-0.15, -0.1) is 0 Å². The number of nitriles is 1. The Bertz CT molecular complexity index is 1060. The van der Waals surface area contributed by atoms with Crippen LogP contribution in [-0.2, 0) is 36.1 Å². The monoisotopic (exact) mass is 466 g/mol. The fraction of sp³-hybridized carbons (Fsp3) is 0.391. The second kappa shape index (κ2) is 12.5. The number of aliphatic hydroxyl groups excluding tert-OH is 1. The summed E-state index contributed by atoms with van der Waals surface area (Å²) in [6, 6.07) is 18.7. The van der Waals surface area contributed by atoms with Gasteiger partial charge < -0.3 is 10.4 Å². The van der Waals surface area contributed by atoms with Crippen LogP contribution < -0.4 is 5.32 Å². The fourth-order valence-corrected chi connectivity index (χ4v) is 3.59. The molecular weight excluding hydrogens is 431 g/mol. The highest BCUT2D eigenvalue weighted by Crippen LogP contribution is 2.52. The molecule has 8 nitrogen and oxygen atoms in total. The Hall–Kier alpha value is -2.53. The quantitative estimate of drug-likeness (QED) is 0.339. The minimum Gasteiger partial charge on any atom is -0.383 e. The Morgan fingerprint density at radius 1 is 1.09 bits per heavy atom. The van der Waals surface area contributed by atoms with Crippen molar-refractivity contribution in [3.05, 3.63) is 71.8 Å². The van der Waals surface area contributed by atoms with Crippen molar-refractivity contribution in [2.45, 2.75) is 39.4 Å². The summed E-state index contributed by atoms with van der Waals surface area (Å²) in [5, 5.41) is 21.5. The maximum absolute atomic E-state index is 13.6. The highest BCUT2D eigenvalue weighted by Gasteiger charge is 2.38. The number of carbonyl (C=O) groups is 1. The van der Waals surface area contributed by atoms with Crippen LogP contribution in [0.1, 0.15) is 39.5 Å². The van der Waals surface area contributed by atoms with E-state index in [1.54, 1.807) is 66.7 Å². The minimum atomic E-state index is -4.67. The Kier molecular flexibility index (Phi) is 7.01. The van der Waals surface area contributed by atoms with Crippen LogP contribution in [0.2, 0.25) is 0 Å². The molecule has 0 aliphatic heterocycles. The first-order chi connectivity index (χ1) is 17.8. The van der Waals surface area contributed by atoms with E-state index in [1.807, 2.05) is 0 Å². The normalized spacial score (nSPS) is 16.2. The van der Waals surface area contributed by atoms with Gasteiger partial charge in [-0.05, 0) is 11.1 Å². The van der Waals surface area contributed by atoms with Crippen molar-refractivity contribution in [3.63, 3.8) is 0 Å². The highest BCUT2D eigenvalue weighted by atomic mass is 31.2. The Morgan fingerprint density at radius 3 is 2.09 bits per heavy atom. The molecule has 2 aromatic rings. The smallest absolute Gasteiger partial charge is 0.383 e. The molecule has 2 N–H and O–H groups in total. The summed E-state index contributed by atoms with van der Waals surface area (Å²) in [6.07, 6.45) is -2.82. The van der Waals surface area contributed by atoms with Gasteiger partial charge >= 0.3 is 7.82 Å². The molecule has 0 spiro atoms. The molecule has 2 aromatic carbocycles. The number of rotatable bonds is 13. The molecule has 0 aliphatic rings. The SMILES string of the molecule is [2H]C([2H])([2H])C(COP(=O)(OCc1ccccc1)OCc1ccccc1)(C(O)C(=O)NCCC#N)C([2H])([2H])[2H]. The zero-order chi connectivity index (χ0) is 28.5. The molecule has 32 heavy (non-hydrogen) atoms. The molecule has 0 aliphatic carbocycles. The van der Waals surface area contributed by atoms with Crippen molar-refractivity contribution in [1.82, 2.24) is 5.32 Å². The van der Waals surface area contributed by atoms with Crippen LogP contribution in [0.25, 0.3) is 0 Å². The van der Waals surface area contributed by atoms with Crippen LogP contribution in [0.5, 0.6) is 0 Å². The summed E-state index contributed by atoms with van der Waals surface area (Å²) in [4.78, 5) is 12.5. The number of phosphoric ester groups is 1. The molecule has 0 bridgehead atoms. The molecule has 0 heterocycles. The molecule has 0 saturated heterocycles. The number of carbonyl (C=O) groups excluding carboxylic acids is 1. The number of benzene rings is 2. The van der Waals surface area contributed by atoms with E-state index in [1.165, 1.54) is 0 Å². The van der Waals surface area contributed by atoms with Crippen molar-refractivity contribution in [2.75, 3.05) is 13.2 Å². The number of phosphoric acid groups is 1. The van der Waals surface area contributed by atoms with E-state index in [9.17, 15) is 14.5 Å². The van der Waals surface area contributed by atoms with Crippen molar-refractivity contribution in [2.24, 2.45) is 5.41 Å². The molecule has 2 rings (SSSR count). The van der Waals surface area contributed by atoms with Crippen LogP contribution >= 0.6 is 7.82 Å². The first-order valence-electron chi connectivity index (χ1n) is 12.7. The number of hydrogen-bond acceptors (Lipinski definition) is 7. The lowest BCUT2D eigenvalue weighted by Gasteiger charge is -2.30. The minimum absolute atomic E-state index is 0.167. The first kappa shape index (κ1) is 18.0. The van der Waals surface area contributed by atoms with Crippen molar-refractivity contribution in [1.29, 1.82) is 5.26 Å². The van der Waals surface area contributed by atoms with Crippen LogP contribution in [0, 0.1) is 16.7 Å². The van der Waals surface area contributed by atoms with Crippen molar-refractivity contribution in [3.8, 4) is 6.07 Å². The summed E-state index contributed by atoms with van der Waals surface area (Å²) in [5.41, 5.74) is -2.10. The molecule has 172 valence electrons. The molecule has 0 fully saturated rings. The van der Waals surface area contributed by atoms with E-state index in [0.717, 1.165) is 0 Å². The second-order valence-corrected chi connectivity index (χ2v) is 8.48. The lowest BCUT2D eigenvalue weighted by Crippen LogP contribution is -2.46. The summed E-state index contributed by atoms with van der Waals surface area (Å²) in [5.74, 6) is -1.35. The van der Waals surface area contributed by atoms with Gasteiger partial charge in [0, 0.05) is 20.2 Å². The van der Waals surface area contributed by atoms with Crippen LogP contribution in [0.3, 0.4) is 0 Å². The van der Waals surface area contributed by atoms with Crippen LogP contribution in [-0.4, -0.2) is 30.3 Å². The topological polar surface area (TPSA) is 118 Å². The number of hydrogen-bond donors (Lipinski definition) is 2. The van der Waals surface area contributed by atoms with Gasteiger partial charge in [0.15, 0.2) is 0 Å². The Morgan fingerprint density at radius 2 is 1.62 bits per heavy atom.